The molecule has 1 fully saturated rings. The highest BCUT2D eigenvalue weighted by Gasteiger charge is 2.28. The molecule has 1 amide bonds. The van der Waals surface area contributed by atoms with Crippen molar-refractivity contribution in [2.75, 3.05) is 19.6 Å². The average Bonchev–Trinajstić information content (AvgIpc) is 3.41. The monoisotopic (exact) mass is 333 g/mol. The quantitative estimate of drug-likeness (QED) is 0.218. The number of rotatable bonds is 8. The van der Waals surface area contributed by atoms with Gasteiger partial charge in [-0.25, -0.2) is 4.99 Å². The van der Waals surface area contributed by atoms with E-state index in [1.807, 2.05) is 6.92 Å². The van der Waals surface area contributed by atoms with Gasteiger partial charge in [0.1, 0.15) is 0 Å². The summed E-state index contributed by atoms with van der Waals surface area (Å²) in [5, 5.41) is 19.9. The van der Waals surface area contributed by atoms with Crippen molar-refractivity contribution in [3.63, 3.8) is 0 Å². The Kier molecular flexibility index (Phi) is 6.53. The third-order valence-electron chi connectivity index (χ3n) is 3.55. The Labute approximate surface area is 140 Å². The number of amides is 1. The highest BCUT2D eigenvalue weighted by molar-refractivity contribution is 5.81. The van der Waals surface area contributed by atoms with Crippen molar-refractivity contribution in [1.29, 1.82) is 0 Å². The molecule has 0 saturated heterocycles. The molecule has 2 rings (SSSR count). The molecule has 1 aliphatic rings. The molecule has 0 bridgehead atoms. The van der Waals surface area contributed by atoms with Gasteiger partial charge >= 0.3 is 0 Å². The van der Waals surface area contributed by atoms with Gasteiger partial charge in [0.05, 0.1) is 11.5 Å². The molecule has 0 unspecified atom stereocenters. The van der Waals surface area contributed by atoms with Crippen LogP contribution in [0.1, 0.15) is 25.3 Å². The zero-order valence-electron chi connectivity index (χ0n) is 13.7. The Morgan fingerprint density at radius 1 is 1.29 bits per heavy atom. The van der Waals surface area contributed by atoms with Crippen LogP contribution in [0.2, 0.25) is 0 Å². The minimum Gasteiger partial charge on any atom is -0.357 e. The van der Waals surface area contributed by atoms with Gasteiger partial charge in [-0.2, -0.15) is 0 Å². The molecule has 8 nitrogen and oxygen atoms in total. The van der Waals surface area contributed by atoms with E-state index in [0.717, 1.165) is 18.4 Å². The summed E-state index contributed by atoms with van der Waals surface area (Å²) in [7, 11) is 0. The highest BCUT2D eigenvalue weighted by atomic mass is 16.6. The van der Waals surface area contributed by atoms with Gasteiger partial charge in [-0.1, -0.05) is 12.1 Å². The van der Waals surface area contributed by atoms with E-state index >= 15 is 0 Å². The normalized spacial score (nSPS) is 14.1. The van der Waals surface area contributed by atoms with E-state index in [1.165, 1.54) is 12.1 Å². The number of hydrogen-bond donors (Lipinski definition) is 3. The molecule has 130 valence electrons. The minimum absolute atomic E-state index is 0.0587. The number of benzene rings is 1. The standard InChI is InChI=1S/C16H23N5O3/c1-2-17-16(19-9-8-18-15(22)13-6-7-13)20-11-12-4-3-5-14(10-12)21(23)24/h3-5,10,13H,2,6-9,11H2,1H3,(H,18,22)(H2,17,19,20). The second kappa shape index (κ2) is 8.85. The molecule has 1 aromatic carbocycles. The third kappa shape index (κ3) is 5.86. The lowest BCUT2D eigenvalue weighted by Gasteiger charge is -2.11. The van der Waals surface area contributed by atoms with Crippen LogP contribution in [0.15, 0.2) is 29.3 Å². The van der Waals surface area contributed by atoms with E-state index in [4.69, 9.17) is 0 Å². The van der Waals surface area contributed by atoms with Crippen LogP contribution in [-0.2, 0) is 11.3 Å². The van der Waals surface area contributed by atoms with Gasteiger partial charge < -0.3 is 16.0 Å². The van der Waals surface area contributed by atoms with Crippen molar-refractivity contribution >= 4 is 17.6 Å². The number of aliphatic imine (C=N–C) groups is 1. The number of non-ortho nitro benzene ring substituents is 1. The summed E-state index contributed by atoms with van der Waals surface area (Å²) < 4.78 is 0. The van der Waals surface area contributed by atoms with Gasteiger partial charge in [0, 0.05) is 37.7 Å². The Morgan fingerprint density at radius 3 is 2.71 bits per heavy atom. The second-order valence-corrected chi connectivity index (χ2v) is 5.61. The second-order valence-electron chi connectivity index (χ2n) is 5.61. The number of nitrogens with zero attached hydrogens (tertiary/aromatic N) is 2. The number of carbonyl (C=O) groups excluding carboxylic acids is 1. The summed E-state index contributed by atoms with van der Waals surface area (Å²) in [5.74, 6) is 0.945. The van der Waals surface area contributed by atoms with Crippen molar-refractivity contribution in [2.45, 2.75) is 26.3 Å². The SMILES string of the molecule is CCNC(=NCc1cccc([N+](=O)[O-])c1)NCCNC(=O)C1CC1. The van der Waals surface area contributed by atoms with E-state index in [1.54, 1.807) is 12.1 Å². The first-order valence-corrected chi connectivity index (χ1v) is 8.13. The van der Waals surface area contributed by atoms with E-state index < -0.39 is 4.92 Å². The molecule has 0 aliphatic heterocycles. The highest BCUT2D eigenvalue weighted by Crippen LogP contribution is 2.28. The average molecular weight is 333 g/mol. The molecule has 1 aromatic rings. The lowest BCUT2D eigenvalue weighted by molar-refractivity contribution is -0.384. The Bertz CT molecular complexity index is 613. The summed E-state index contributed by atoms with van der Waals surface area (Å²) in [5.41, 5.74) is 0.826. The molecule has 0 spiro atoms. The first-order valence-electron chi connectivity index (χ1n) is 8.13. The fourth-order valence-corrected chi connectivity index (χ4v) is 2.14. The van der Waals surface area contributed by atoms with Crippen LogP contribution in [-0.4, -0.2) is 36.4 Å². The molecular weight excluding hydrogens is 310 g/mol. The van der Waals surface area contributed by atoms with Crippen molar-refractivity contribution in [3.8, 4) is 0 Å². The Balaban J connectivity index is 1.81. The van der Waals surface area contributed by atoms with Crippen LogP contribution in [0.4, 0.5) is 5.69 Å². The lowest BCUT2D eigenvalue weighted by atomic mass is 10.2. The number of guanidine groups is 1. The Hall–Kier alpha value is -2.64. The number of nitro groups is 1. The van der Waals surface area contributed by atoms with Gasteiger partial charge in [-0.05, 0) is 25.3 Å². The van der Waals surface area contributed by atoms with E-state index in [0.29, 0.717) is 32.1 Å². The molecule has 0 atom stereocenters. The van der Waals surface area contributed by atoms with Gasteiger partial charge in [-0.3, -0.25) is 14.9 Å². The molecule has 1 saturated carbocycles. The maximum Gasteiger partial charge on any atom is 0.269 e. The zero-order valence-corrected chi connectivity index (χ0v) is 13.7. The molecule has 3 N–H and O–H groups in total. The van der Waals surface area contributed by atoms with Crippen LogP contribution >= 0.6 is 0 Å². The molecule has 1 aliphatic carbocycles. The number of hydrogen-bond acceptors (Lipinski definition) is 4. The number of nitro benzene ring substituents is 1. The summed E-state index contributed by atoms with van der Waals surface area (Å²) in [6.45, 7) is 4.11. The van der Waals surface area contributed by atoms with Crippen LogP contribution in [0.3, 0.4) is 0 Å². The van der Waals surface area contributed by atoms with Gasteiger partial charge in [-0.15, -0.1) is 0 Å². The maximum atomic E-state index is 11.5. The lowest BCUT2D eigenvalue weighted by Crippen LogP contribution is -2.41. The van der Waals surface area contributed by atoms with Gasteiger partial charge in [0.25, 0.3) is 5.69 Å². The van der Waals surface area contributed by atoms with Crippen molar-refractivity contribution in [3.05, 3.63) is 39.9 Å². The zero-order chi connectivity index (χ0) is 17.4. The van der Waals surface area contributed by atoms with E-state index in [9.17, 15) is 14.9 Å². The van der Waals surface area contributed by atoms with Gasteiger partial charge in [0.15, 0.2) is 5.96 Å². The summed E-state index contributed by atoms with van der Waals surface area (Å²) >= 11 is 0. The van der Waals surface area contributed by atoms with Crippen molar-refractivity contribution in [1.82, 2.24) is 16.0 Å². The molecule has 8 heteroatoms. The largest absolute Gasteiger partial charge is 0.357 e. The molecule has 0 heterocycles. The van der Waals surface area contributed by atoms with Crippen LogP contribution < -0.4 is 16.0 Å². The maximum absolute atomic E-state index is 11.5. The fraction of sp³-hybridized carbons (Fsp3) is 0.500. The smallest absolute Gasteiger partial charge is 0.269 e. The third-order valence-corrected chi connectivity index (χ3v) is 3.55. The predicted octanol–water partition coefficient (Wildman–Crippen LogP) is 1.18. The molecule has 0 radical (unpaired) electrons. The number of nitrogens with one attached hydrogen (secondary N) is 3. The van der Waals surface area contributed by atoms with Crippen LogP contribution in [0.25, 0.3) is 0 Å². The predicted molar refractivity (Wildman–Crippen MR) is 91.6 cm³/mol. The fourth-order valence-electron chi connectivity index (χ4n) is 2.14. The van der Waals surface area contributed by atoms with Gasteiger partial charge in [0.2, 0.25) is 5.91 Å². The molecule has 24 heavy (non-hydrogen) atoms. The summed E-state index contributed by atoms with van der Waals surface area (Å²) in [6.07, 6.45) is 1.99. The number of carbonyl (C=O) groups is 1. The molecular formula is C16H23N5O3. The Morgan fingerprint density at radius 2 is 2.04 bits per heavy atom. The summed E-state index contributed by atoms with van der Waals surface area (Å²) in [4.78, 5) is 26.3. The van der Waals surface area contributed by atoms with Crippen LogP contribution in [0, 0.1) is 16.0 Å². The van der Waals surface area contributed by atoms with Crippen molar-refractivity contribution < 1.29 is 9.72 Å². The van der Waals surface area contributed by atoms with Crippen LogP contribution in [0.5, 0.6) is 0 Å². The van der Waals surface area contributed by atoms with E-state index in [-0.39, 0.29) is 17.5 Å². The minimum atomic E-state index is -0.417. The first kappa shape index (κ1) is 17.7. The van der Waals surface area contributed by atoms with E-state index in [2.05, 4.69) is 20.9 Å². The first-order chi connectivity index (χ1) is 11.6. The van der Waals surface area contributed by atoms with Crippen molar-refractivity contribution in [2.24, 2.45) is 10.9 Å². The summed E-state index contributed by atoms with van der Waals surface area (Å²) in [6, 6.07) is 6.43. The molecule has 0 aromatic heterocycles. The topological polar surface area (TPSA) is 109 Å².